The van der Waals surface area contributed by atoms with Crippen LogP contribution in [0.2, 0.25) is 0 Å². The first-order valence-electron chi connectivity index (χ1n) is 2.79. The van der Waals surface area contributed by atoms with Crippen molar-refractivity contribution in [3.8, 4) is 0 Å². The first kappa shape index (κ1) is 7.46. The maximum absolute atomic E-state index is 12.4. The largest absolute Gasteiger partial charge is 0.363 e. The van der Waals surface area contributed by atoms with E-state index in [4.69, 9.17) is 0 Å². The first-order valence-corrected chi connectivity index (χ1v) is 2.79. The molecule has 0 N–H and O–H groups in total. The van der Waals surface area contributed by atoms with Crippen molar-refractivity contribution >= 4 is 6.20 Å². The molecule has 5 heteroatoms. The molecule has 0 fully saturated rings. The van der Waals surface area contributed by atoms with E-state index >= 15 is 0 Å². The van der Waals surface area contributed by atoms with E-state index in [9.17, 15) is 14.1 Å². The lowest BCUT2D eigenvalue weighted by Gasteiger charge is -1.95. The predicted molar refractivity (Wildman–Crippen MR) is 37.9 cm³/mol. The van der Waals surface area contributed by atoms with Crippen LogP contribution in [0.1, 0.15) is 0 Å². The second-order valence-electron chi connectivity index (χ2n) is 1.81. The van der Waals surface area contributed by atoms with Gasteiger partial charge in [-0.25, -0.2) is 4.79 Å². The van der Waals surface area contributed by atoms with Crippen LogP contribution in [0.25, 0.3) is 6.20 Å². The summed E-state index contributed by atoms with van der Waals surface area (Å²) in [5.74, 6) is 0. The van der Waals surface area contributed by atoms with E-state index in [0.29, 0.717) is 0 Å². The van der Waals surface area contributed by atoms with Gasteiger partial charge >= 0.3 is 5.69 Å². The molecule has 0 atom stereocenters. The Balaban J connectivity index is 3.62. The standard InChI is InChI=1S/C6H5FN2O2/c1-2-8-4-3-5(10)9(7)6(8)11/h2-4H,1H2. The minimum absolute atomic E-state index is 0.484. The molecule has 1 aromatic heterocycles. The molecule has 0 saturated heterocycles. The van der Waals surface area contributed by atoms with Crippen molar-refractivity contribution in [2.24, 2.45) is 0 Å². The lowest BCUT2D eigenvalue weighted by Crippen LogP contribution is -2.32. The molecule has 0 saturated carbocycles. The minimum Gasteiger partial charge on any atom is -0.275 e. The lowest BCUT2D eigenvalue weighted by atomic mass is 10.6. The van der Waals surface area contributed by atoms with Gasteiger partial charge in [0.15, 0.2) is 0 Å². The summed E-state index contributed by atoms with van der Waals surface area (Å²) in [6.45, 7) is 3.24. The Bertz CT molecular complexity index is 390. The SMILES string of the molecule is C=Cn1ccc(=O)n(F)c1=O. The number of aromatic nitrogens is 2. The second kappa shape index (κ2) is 2.53. The van der Waals surface area contributed by atoms with Crippen molar-refractivity contribution < 1.29 is 4.48 Å². The molecule has 0 aliphatic rings. The number of hydrogen-bond donors (Lipinski definition) is 0. The Morgan fingerprint density at radius 1 is 1.55 bits per heavy atom. The van der Waals surface area contributed by atoms with Crippen LogP contribution < -0.4 is 11.2 Å². The fourth-order valence-electron chi connectivity index (χ4n) is 0.608. The Labute approximate surface area is 60.8 Å². The molecule has 0 aliphatic carbocycles. The normalized spacial score (nSPS) is 9.55. The van der Waals surface area contributed by atoms with Crippen molar-refractivity contribution in [3.63, 3.8) is 0 Å². The number of nitrogens with zero attached hydrogens (tertiary/aromatic N) is 2. The van der Waals surface area contributed by atoms with E-state index in [1.807, 2.05) is 0 Å². The molecule has 0 spiro atoms. The predicted octanol–water partition coefficient (Wildman–Crippen LogP) is -0.157. The summed E-state index contributed by atoms with van der Waals surface area (Å²) in [5, 5.41) is 0. The van der Waals surface area contributed by atoms with Crippen LogP contribution >= 0.6 is 0 Å². The van der Waals surface area contributed by atoms with Crippen molar-refractivity contribution in [1.82, 2.24) is 9.36 Å². The van der Waals surface area contributed by atoms with Crippen LogP contribution in [-0.4, -0.2) is 9.36 Å². The zero-order valence-corrected chi connectivity index (χ0v) is 5.53. The molecule has 0 bridgehead atoms. The summed E-state index contributed by atoms with van der Waals surface area (Å²) in [6.07, 6.45) is 2.26. The van der Waals surface area contributed by atoms with Gasteiger partial charge in [-0.05, 0) is 0 Å². The maximum atomic E-state index is 12.4. The average Bonchev–Trinajstić information content (AvgIpc) is 2.01. The molecule has 1 rings (SSSR count). The van der Waals surface area contributed by atoms with Gasteiger partial charge in [0.2, 0.25) is 0 Å². The third kappa shape index (κ3) is 1.12. The summed E-state index contributed by atoms with van der Waals surface area (Å²) in [7, 11) is 0. The third-order valence-corrected chi connectivity index (χ3v) is 1.16. The van der Waals surface area contributed by atoms with Crippen LogP contribution in [0.3, 0.4) is 0 Å². The molecule has 1 heterocycles. The van der Waals surface area contributed by atoms with Crippen LogP contribution in [-0.2, 0) is 0 Å². The summed E-state index contributed by atoms with van der Waals surface area (Å²) < 4.78 is 13.3. The smallest absolute Gasteiger partial charge is 0.275 e. The summed E-state index contributed by atoms with van der Waals surface area (Å²) in [4.78, 5) is 20.7. The topological polar surface area (TPSA) is 44.0 Å². The van der Waals surface area contributed by atoms with Crippen molar-refractivity contribution in [2.75, 3.05) is 0 Å². The molecule has 1 aromatic rings. The van der Waals surface area contributed by atoms with Crippen molar-refractivity contribution in [2.45, 2.75) is 0 Å². The fourth-order valence-corrected chi connectivity index (χ4v) is 0.608. The third-order valence-electron chi connectivity index (χ3n) is 1.16. The number of rotatable bonds is 1. The summed E-state index contributed by atoms with van der Waals surface area (Å²) in [6, 6.07) is 0.934. The molecule has 0 aliphatic heterocycles. The Morgan fingerprint density at radius 2 is 2.18 bits per heavy atom. The monoisotopic (exact) mass is 156 g/mol. The van der Waals surface area contributed by atoms with Crippen molar-refractivity contribution in [3.05, 3.63) is 39.7 Å². The second-order valence-corrected chi connectivity index (χ2v) is 1.81. The quantitative estimate of drug-likeness (QED) is 0.567. The Morgan fingerprint density at radius 3 is 2.73 bits per heavy atom. The van der Waals surface area contributed by atoms with E-state index < -0.39 is 16.0 Å². The van der Waals surface area contributed by atoms with E-state index in [0.717, 1.165) is 23.0 Å². The lowest BCUT2D eigenvalue weighted by molar-refractivity contribution is 0.326. The molecule has 4 nitrogen and oxygen atoms in total. The molecular weight excluding hydrogens is 151 g/mol. The van der Waals surface area contributed by atoms with Gasteiger partial charge in [-0.15, -0.1) is 0 Å². The first-order chi connectivity index (χ1) is 5.16. The maximum Gasteiger partial charge on any atom is 0.363 e. The van der Waals surface area contributed by atoms with Gasteiger partial charge in [-0.2, -0.15) is 0 Å². The van der Waals surface area contributed by atoms with Crippen LogP contribution in [0, 0.1) is 0 Å². The van der Waals surface area contributed by atoms with Gasteiger partial charge in [0, 0.05) is 18.5 Å². The van der Waals surface area contributed by atoms with Gasteiger partial charge < -0.3 is 0 Å². The van der Waals surface area contributed by atoms with Crippen LogP contribution in [0.15, 0.2) is 28.4 Å². The molecule has 0 unspecified atom stereocenters. The highest BCUT2D eigenvalue weighted by atomic mass is 19.2. The van der Waals surface area contributed by atoms with Gasteiger partial charge in [-0.3, -0.25) is 9.36 Å². The van der Waals surface area contributed by atoms with Crippen LogP contribution in [0.4, 0.5) is 4.48 Å². The Kier molecular flexibility index (Phi) is 1.72. The highest BCUT2D eigenvalue weighted by Crippen LogP contribution is 1.76. The summed E-state index contributed by atoms with van der Waals surface area (Å²) >= 11 is 0. The molecule has 11 heavy (non-hydrogen) atoms. The van der Waals surface area contributed by atoms with Gasteiger partial charge in [-0.1, -0.05) is 15.8 Å². The molecule has 0 amide bonds. The van der Waals surface area contributed by atoms with Gasteiger partial charge in [0.05, 0.1) is 0 Å². The summed E-state index contributed by atoms with van der Waals surface area (Å²) in [5.41, 5.74) is -2.03. The molecule has 0 radical (unpaired) electrons. The van der Waals surface area contributed by atoms with Gasteiger partial charge in [0.1, 0.15) is 0 Å². The van der Waals surface area contributed by atoms with E-state index in [2.05, 4.69) is 6.58 Å². The zero-order valence-electron chi connectivity index (χ0n) is 5.53. The van der Waals surface area contributed by atoms with Crippen LogP contribution in [0.5, 0.6) is 0 Å². The zero-order chi connectivity index (χ0) is 8.43. The highest BCUT2D eigenvalue weighted by Gasteiger charge is 1.99. The van der Waals surface area contributed by atoms with E-state index in [1.54, 1.807) is 0 Å². The van der Waals surface area contributed by atoms with E-state index in [1.165, 1.54) is 0 Å². The van der Waals surface area contributed by atoms with Gasteiger partial charge in [0.25, 0.3) is 5.56 Å². The van der Waals surface area contributed by atoms with Crippen molar-refractivity contribution in [1.29, 1.82) is 0 Å². The fraction of sp³-hybridized carbons (Fsp3) is 0. The molecular formula is C6H5FN2O2. The molecule has 58 valence electrons. The highest BCUT2D eigenvalue weighted by molar-refractivity contribution is 5.14. The minimum atomic E-state index is -1.05. The number of hydrogen-bond acceptors (Lipinski definition) is 2. The Hall–Kier alpha value is -1.65. The van der Waals surface area contributed by atoms with E-state index in [-0.39, 0.29) is 0 Å². The molecule has 0 aromatic carbocycles. The average molecular weight is 156 g/mol. The number of halogens is 1.